The van der Waals surface area contributed by atoms with Gasteiger partial charge in [-0.25, -0.2) is 26.4 Å². The highest BCUT2D eigenvalue weighted by Gasteiger charge is 2.20. The number of halogens is 1. The number of rotatable bonds is 7. The molecule has 0 atom stereocenters. The van der Waals surface area contributed by atoms with E-state index in [1.165, 1.54) is 36.4 Å². The standard InChI is InChI=1S/C16H19FN2O5S2/c1-19(9-10-24-13-5-3-12(17)4-6-13)15-8-7-14(26(18,22)23)11-16(15)25(2,20)21/h3-8,11H,9-10H2,1-2H3,(H2,18,22,23). The molecule has 2 aromatic rings. The second-order valence-corrected chi connectivity index (χ2v) is 9.22. The van der Waals surface area contributed by atoms with E-state index in [0.717, 1.165) is 12.3 Å². The van der Waals surface area contributed by atoms with Crippen LogP contribution in [0.4, 0.5) is 10.1 Å². The number of ether oxygens (including phenoxy) is 1. The lowest BCUT2D eigenvalue weighted by Crippen LogP contribution is -2.25. The van der Waals surface area contributed by atoms with Crippen LogP contribution in [0, 0.1) is 5.82 Å². The number of hydrogen-bond acceptors (Lipinski definition) is 6. The Labute approximate surface area is 152 Å². The Morgan fingerprint density at radius 3 is 2.23 bits per heavy atom. The summed E-state index contributed by atoms with van der Waals surface area (Å²) in [5.74, 6) is 0.106. The number of benzene rings is 2. The van der Waals surface area contributed by atoms with Crippen LogP contribution in [-0.2, 0) is 19.9 Å². The van der Waals surface area contributed by atoms with E-state index in [1.54, 1.807) is 11.9 Å². The lowest BCUT2D eigenvalue weighted by molar-refractivity contribution is 0.325. The van der Waals surface area contributed by atoms with Crippen molar-refractivity contribution in [2.45, 2.75) is 9.79 Å². The molecular weight excluding hydrogens is 383 g/mol. The highest BCUT2D eigenvalue weighted by Crippen LogP contribution is 2.27. The van der Waals surface area contributed by atoms with Crippen molar-refractivity contribution >= 4 is 25.5 Å². The molecule has 10 heteroatoms. The quantitative estimate of drug-likeness (QED) is 0.750. The van der Waals surface area contributed by atoms with Gasteiger partial charge in [0, 0.05) is 13.3 Å². The van der Waals surface area contributed by atoms with Gasteiger partial charge in [0.15, 0.2) is 9.84 Å². The van der Waals surface area contributed by atoms with Gasteiger partial charge in [0.05, 0.1) is 22.0 Å². The summed E-state index contributed by atoms with van der Waals surface area (Å²) in [6, 6.07) is 9.18. The molecule has 0 bridgehead atoms. The maximum atomic E-state index is 12.9. The molecule has 0 amide bonds. The molecule has 7 nitrogen and oxygen atoms in total. The Bertz CT molecular complexity index is 990. The Morgan fingerprint density at radius 1 is 1.08 bits per heavy atom. The molecule has 0 aliphatic carbocycles. The summed E-state index contributed by atoms with van der Waals surface area (Å²) in [4.78, 5) is 1.19. The molecule has 0 unspecified atom stereocenters. The SMILES string of the molecule is CN(CCOc1ccc(F)cc1)c1ccc(S(N)(=O)=O)cc1S(C)(=O)=O. The van der Waals surface area contributed by atoms with Crippen molar-refractivity contribution in [1.82, 2.24) is 0 Å². The van der Waals surface area contributed by atoms with E-state index in [0.29, 0.717) is 18.0 Å². The number of sulfonamides is 1. The molecule has 26 heavy (non-hydrogen) atoms. The Balaban J connectivity index is 2.19. The predicted octanol–water partition coefficient (Wildman–Crippen LogP) is 1.39. The van der Waals surface area contributed by atoms with Crippen molar-refractivity contribution in [3.63, 3.8) is 0 Å². The minimum atomic E-state index is -4.02. The minimum absolute atomic E-state index is 0.145. The molecule has 0 aliphatic rings. The zero-order chi connectivity index (χ0) is 19.5. The van der Waals surface area contributed by atoms with E-state index in [4.69, 9.17) is 9.88 Å². The van der Waals surface area contributed by atoms with Gasteiger partial charge in [0.25, 0.3) is 0 Å². The molecule has 0 saturated heterocycles. The number of primary sulfonamides is 1. The van der Waals surface area contributed by atoms with Gasteiger partial charge in [-0.15, -0.1) is 0 Å². The van der Waals surface area contributed by atoms with Crippen molar-refractivity contribution in [3.8, 4) is 5.75 Å². The first-order valence-electron chi connectivity index (χ1n) is 7.45. The van der Waals surface area contributed by atoms with Gasteiger partial charge in [-0.2, -0.15) is 0 Å². The number of sulfone groups is 1. The molecule has 0 radical (unpaired) electrons. The maximum Gasteiger partial charge on any atom is 0.238 e. The van der Waals surface area contributed by atoms with Crippen LogP contribution >= 0.6 is 0 Å². The van der Waals surface area contributed by atoms with Gasteiger partial charge < -0.3 is 9.64 Å². The lowest BCUT2D eigenvalue weighted by Gasteiger charge is -2.22. The third-order valence-corrected chi connectivity index (χ3v) is 5.62. The first-order valence-corrected chi connectivity index (χ1v) is 10.9. The zero-order valence-corrected chi connectivity index (χ0v) is 15.8. The average Bonchev–Trinajstić information content (AvgIpc) is 2.54. The average molecular weight is 402 g/mol. The highest BCUT2D eigenvalue weighted by atomic mass is 32.2. The molecule has 0 saturated carbocycles. The van der Waals surface area contributed by atoms with Crippen LogP contribution in [-0.4, -0.2) is 43.3 Å². The molecule has 2 rings (SSSR count). The fourth-order valence-corrected chi connectivity index (χ4v) is 3.79. The number of nitrogens with two attached hydrogens (primary N) is 1. The van der Waals surface area contributed by atoms with Crippen molar-refractivity contribution in [3.05, 3.63) is 48.3 Å². The van der Waals surface area contributed by atoms with Crippen LogP contribution in [0.1, 0.15) is 0 Å². The van der Waals surface area contributed by atoms with Gasteiger partial charge in [-0.05, 0) is 42.5 Å². The molecule has 0 heterocycles. The Kier molecular flexibility index (Phi) is 5.89. The van der Waals surface area contributed by atoms with Gasteiger partial charge >= 0.3 is 0 Å². The summed E-state index contributed by atoms with van der Waals surface area (Å²) < 4.78 is 65.3. The fraction of sp³-hybridized carbons (Fsp3) is 0.250. The number of nitrogens with zero attached hydrogens (tertiary/aromatic N) is 1. The minimum Gasteiger partial charge on any atom is -0.492 e. The van der Waals surface area contributed by atoms with E-state index < -0.39 is 19.9 Å². The third kappa shape index (κ3) is 5.16. The summed E-state index contributed by atoms with van der Waals surface area (Å²) in [7, 11) is -6.06. The topological polar surface area (TPSA) is 107 Å². The molecule has 2 N–H and O–H groups in total. The third-order valence-electron chi connectivity index (χ3n) is 3.58. The first kappa shape index (κ1) is 20.1. The highest BCUT2D eigenvalue weighted by molar-refractivity contribution is 7.91. The first-order chi connectivity index (χ1) is 12.0. The van der Waals surface area contributed by atoms with Gasteiger partial charge in [0.1, 0.15) is 18.2 Å². The molecule has 0 aliphatic heterocycles. The largest absolute Gasteiger partial charge is 0.492 e. The molecule has 2 aromatic carbocycles. The predicted molar refractivity (Wildman–Crippen MR) is 96.1 cm³/mol. The second kappa shape index (κ2) is 7.60. The number of hydrogen-bond donors (Lipinski definition) is 1. The van der Waals surface area contributed by atoms with Gasteiger partial charge in [0.2, 0.25) is 10.0 Å². The Morgan fingerprint density at radius 2 is 1.69 bits per heavy atom. The van der Waals surface area contributed by atoms with E-state index in [9.17, 15) is 21.2 Å². The van der Waals surface area contributed by atoms with E-state index in [-0.39, 0.29) is 22.2 Å². The van der Waals surface area contributed by atoms with Crippen LogP contribution in [0.15, 0.2) is 52.3 Å². The van der Waals surface area contributed by atoms with Crippen LogP contribution in [0.3, 0.4) is 0 Å². The second-order valence-electron chi connectivity index (χ2n) is 5.67. The van der Waals surface area contributed by atoms with Crippen LogP contribution < -0.4 is 14.8 Å². The smallest absolute Gasteiger partial charge is 0.238 e. The number of likely N-dealkylation sites (N-methyl/N-ethyl adjacent to an activating group) is 1. The van der Waals surface area contributed by atoms with E-state index in [1.807, 2.05) is 0 Å². The van der Waals surface area contributed by atoms with Gasteiger partial charge in [-0.3, -0.25) is 0 Å². The van der Waals surface area contributed by atoms with Crippen molar-refractivity contribution < 1.29 is 26.0 Å². The molecule has 0 aromatic heterocycles. The number of anilines is 1. The van der Waals surface area contributed by atoms with Crippen LogP contribution in [0.2, 0.25) is 0 Å². The zero-order valence-electron chi connectivity index (χ0n) is 14.2. The van der Waals surface area contributed by atoms with E-state index in [2.05, 4.69) is 0 Å². The van der Waals surface area contributed by atoms with Crippen molar-refractivity contribution in [2.24, 2.45) is 5.14 Å². The summed E-state index contributed by atoms with van der Waals surface area (Å²) in [5, 5.41) is 5.07. The van der Waals surface area contributed by atoms with E-state index >= 15 is 0 Å². The van der Waals surface area contributed by atoms with Crippen LogP contribution in [0.25, 0.3) is 0 Å². The fourth-order valence-electron chi connectivity index (χ4n) is 2.24. The molecule has 0 spiro atoms. The normalized spacial score (nSPS) is 12.0. The van der Waals surface area contributed by atoms with Crippen molar-refractivity contribution in [1.29, 1.82) is 0 Å². The molecular formula is C16H19FN2O5S2. The summed E-state index contributed by atoms with van der Waals surface area (Å²) in [5.41, 5.74) is 0.322. The Hall–Kier alpha value is -2.17. The monoisotopic (exact) mass is 402 g/mol. The van der Waals surface area contributed by atoms with Gasteiger partial charge in [-0.1, -0.05) is 0 Å². The summed E-state index contributed by atoms with van der Waals surface area (Å²) in [6.45, 7) is 0.525. The molecule has 0 fully saturated rings. The maximum absolute atomic E-state index is 12.9. The summed E-state index contributed by atoms with van der Waals surface area (Å²) >= 11 is 0. The summed E-state index contributed by atoms with van der Waals surface area (Å²) in [6.07, 6.45) is 0.988. The lowest BCUT2D eigenvalue weighted by atomic mass is 10.3. The van der Waals surface area contributed by atoms with Crippen molar-refractivity contribution in [2.75, 3.05) is 31.4 Å². The van der Waals surface area contributed by atoms with Crippen LogP contribution in [0.5, 0.6) is 5.75 Å². The molecule has 142 valence electrons.